The molecule has 1 aromatic heterocycles. The van der Waals surface area contributed by atoms with Gasteiger partial charge in [-0.2, -0.15) is 0 Å². The van der Waals surface area contributed by atoms with Gasteiger partial charge in [-0.05, 0) is 42.3 Å². The van der Waals surface area contributed by atoms with E-state index in [1.807, 2.05) is 0 Å². The second kappa shape index (κ2) is 4.64. The Labute approximate surface area is 98.2 Å². The van der Waals surface area contributed by atoms with Crippen LogP contribution in [0.5, 0.6) is 0 Å². The van der Waals surface area contributed by atoms with Crippen LogP contribution in [-0.2, 0) is 0 Å². The Hall–Kier alpha value is -0.0600. The molecule has 0 saturated heterocycles. The van der Waals surface area contributed by atoms with Crippen LogP contribution in [0.25, 0.3) is 0 Å². The van der Waals surface area contributed by atoms with Crippen molar-refractivity contribution >= 4 is 32.3 Å². The van der Waals surface area contributed by atoms with E-state index in [1.54, 1.807) is 11.3 Å². The maximum absolute atomic E-state index is 5.93. The minimum Gasteiger partial charge on any atom is -0.366 e. The normalized spacial score (nSPS) is 11.8. The highest BCUT2D eigenvalue weighted by Crippen LogP contribution is 2.27. The van der Waals surface area contributed by atoms with Crippen molar-refractivity contribution in [3.63, 3.8) is 0 Å². The molecule has 1 rings (SSSR count). The van der Waals surface area contributed by atoms with Crippen molar-refractivity contribution in [1.82, 2.24) is 0 Å². The first kappa shape index (κ1) is 12.0. The van der Waals surface area contributed by atoms with Gasteiger partial charge in [0.2, 0.25) is 0 Å². The van der Waals surface area contributed by atoms with E-state index in [0.717, 1.165) is 17.4 Å². The zero-order chi connectivity index (χ0) is 10.8. The predicted octanol–water partition coefficient (Wildman–Crippen LogP) is 3.07. The summed E-state index contributed by atoms with van der Waals surface area (Å²) in [7, 11) is 2.10. The van der Waals surface area contributed by atoms with Gasteiger partial charge in [-0.3, -0.25) is 0 Å². The van der Waals surface area contributed by atoms with Gasteiger partial charge in [0, 0.05) is 29.0 Å². The summed E-state index contributed by atoms with van der Waals surface area (Å²) in [6, 6.07) is 2.13. The Morgan fingerprint density at radius 2 is 2.21 bits per heavy atom. The summed E-state index contributed by atoms with van der Waals surface area (Å²) >= 11 is 5.20. The van der Waals surface area contributed by atoms with Crippen molar-refractivity contribution in [2.24, 2.45) is 5.73 Å². The van der Waals surface area contributed by atoms with Crippen LogP contribution in [0.4, 0.5) is 5.00 Å². The number of hydrogen-bond acceptors (Lipinski definition) is 3. The van der Waals surface area contributed by atoms with Crippen molar-refractivity contribution in [3.8, 4) is 0 Å². The van der Waals surface area contributed by atoms with Crippen LogP contribution in [-0.4, -0.2) is 19.1 Å². The number of thiophene rings is 1. The highest BCUT2D eigenvalue weighted by molar-refractivity contribution is 9.10. The van der Waals surface area contributed by atoms with E-state index in [0.29, 0.717) is 0 Å². The van der Waals surface area contributed by atoms with E-state index in [9.17, 15) is 0 Å². The van der Waals surface area contributed by atoms with Crippen LogP contribution in [0.2, 0.25) is 0 Å². The first-order valence-corrected chi connectivity index (χ1v) is 6.30. The molecule has 4 heteroatoms. The fourth-order valence-corrected chi connectivity index (χ4v) is 2.49. The first-order valence-electron chi connectivity index (χ1n) is 4.62. The maximum atomic E-state index is 5.93. The second-order valence-corrected chi connectivity index (χ2v) is 6.07. The molecular weight excluding hydrogens is 260 g/mol. The molecule has 0 bridgehead atoms. The number of hydrogen-bond donors (Lipinski definition) is 1. The third kappa shape index (κ3) is 3.98. The first-order chi connectivity index (χ1) is 6.38. The van der Waals surface area contributed by atoms with E-state index in [-0.39, 0.29) is 5.54 Å². The molecule has 0 spiro atoms. The minimum atomic E-state index is -0.0806. The molecule has 0 aromatic carbocycles. The fourth-order valence-electron chi connectivity index (χ4n) is 1.07. The summed E-state index contributed by atoms with van der Waals surface area (Å²) < 4.78 is 1.15. The maximum Gasteiger partial charge on any atom is 0.0917 e. The van der Waals surface area contributed by atoms with Crippen molar-refractivity contribution in [3.05, 3.63) is 15.9 Å². The largest absolute Gasteiger partial charge is 0.366 e. The highest BCUT2D eigenvalue weighted by Gasteiger charge is 2.12. The zero-order valence-corrected chi connectivity index (χ0v) is 11.3. The Morgan fingerprint density at radius 3 is 2.64 bits per heavy atom. The topological polar surface area (TPSA) is 29.3 Å². The van der Waals surface area contributed by atoms with E-state index in [4.69, 9.17) is 5.73 Å². The van der Waals surface area contributed by atoms with Gasteiger partial charge in [-0.1, -0.05) is 0 Å². The highest BCUT2D eigenvalue weighted by atomic mass is 79.9. The van der Waals surface area contributed by atoms with Crippen LogP contribution in [0.1, 0.15) is 20.3 Å². The van der Waals surface area contributed by atoms with Gasteiger partial charge in [-0.15, -0.1) is 11.3 Å². The molecule has 0 fully saturated rings. The quantitative estimate of drug-likeness (QED) is 0.916. The van der Waals surface area contributed by atoms with Crippen molar-refractivity contribution in [1.29, 1.82) is 0 Å². The Kier molecular flexibility index (Phi) is 3.98. The van der Waals surface area contributed by atoms with E-state index < -0.39 is 0 Å². The van der Waals surface area contributed by atoms with Gasteiger partial charge in [-0.25, -0.2) is 0 Å². The lowest BCUT2D eigenvalue weighted by Gasteiger charge is -2.23. The molecule has 1 aromatic rings. The number of halogens is 1. The van der Waals surface area contributed by atoms with Crippen molar-refractivity contribution < 1.29 is 0 Å². The number of nitrogens with zero attached hydrogens (tertiary/aromatic N) is 1. The average Bonchev–Trinajstić information content (AvgIpc) is 2.46. The summed E-state index contributed by atoms with van der Waals surface area (Å²) in [5.41, 5.74) is 5.85. The lowest BCUT2D eigenvalue weighted by molar-refractivity contribution is 0.479. The van der Waals surface area contributed by atoms with Crippen molar-refractivity contribution in [2.75, 3.05) is 18.5 Å². The van der Waals surface area contributed by atoms with Gasteiger partial charge in [0.1, 0.15) is 0 Å². The zero-order valence-electron chi connectivity index (χ0n) is 8.88. The predicted molar refractivity (Wildman–Crippen MR) is 68.2 cm³/mol. The smallest absolute Gasteiger partial charge is 0.0917 e. The molecule has 14 heavy (non-hydrogen) atoms. The Morgan fingerprint density at radius 1 is 1.57 bits per heavy atom. The van der Waals surface area contributed by atoms with Crippen LogP contribution in [0, 0.1) is 0 Å². The third-order valence-corrected chi connectivity index (χ3v) is 3.83. The summed E-state index contributed by atoms with van der Waals surface area (Å²) in [6.07, 6.45) is 0.999. The van der Waals surface area contributed by atoms with Crippen molar-refractivity contribution in [2.45, 2.75) is 25.8 Å². The monoisotopic (exact) mass is 276 g/mol. The molecule has 0 atom stereocenters. The minimum absolute atomic E-state index is 0.0806. The summed E-state index contributed by atoms with van der Waals surface area (Å²) in [4.78, 5) is 2.24. The lowest BCUT2D eigenvalue weighted by Crippen LogP contribution is -2.36. The van der Waals surface area contributed by atoms with E-state index in [2.05, 4.69) is 53.2 Å². The molecule has 0 aliphatic heterocycles. The Balaban J connectivity index is 2.47. The summed E-state index contributed by atoms with van der Waals surface area (Å²) in [5.74, 6) is 0. The summed E-state index contributed by atoms with van der Waals surface area (Å²) in [6.45, 7) is 5.12. The molecule has 80 valence electrons. The molecule has 2 nitrogen and oxygen atoms in total. The van der Waals surface area contributed by atoms with Gasteiger partial charge >= 0.3 is 0 Å². The molecule has 2 N–H and O–H groups in total. The second-order valence-electron chi connectivity index (χ2n) is 4.26. The van der Waals surface area contributed by atoms with Gasteiger partial charge < -0.3 is 10.6 Å². The molecule has 0 aliphatic carbocycles. The van der Waals surface area contributed by atoms with E-state index >= 15 is 0 Å². The van der Waals surface area contributed by atoms with Gasteiger partial charge in [0.25, 0.3) is 0 Å². The van der Waals surface area contributed by atoms with Crippen LogP contribution in [0.3, 0.4) is 0 Å². The standard InChI is InChI=1S/C10H17BrN2S/c1-10(2,12)4-5-13(3)9-6-8(11)7-14-9/h6-7H,4-5,12H2,1-3H3. The van der Waals surface area contributed by atoms with E-state index in [1.165, 1.54) is 5.00 Å². The number of nitrogens with two attached hydrogens (primary N) is 1. The van der Waals surface area contributed by atoms with Crippen LogP contribution in [0.15, 0.2) is 15.9 Å². The van der Waals surface area contributed by atoms with Gasteiger partial charge in [0.15, 0.2) is 0 Å². The fraction of sp³-hybridized carbons (Fsp3) is 0.600. The number of rotatable bonds is 4. The molecule has 0 amide bonds. The lowest BCUT2D eigenvalue weighted by atomic mass is 10.0. The molecule has 0 radical (unpaired) electrons. The van der Waals surface area contributed by atoms with Crippen LogP contribution < -0.4 is 10.6 Å². The molecule has 0 saturated carbocycles. The molecule has 0 aliphatic rings. The third-order valence-electron chi connectivity index (χ3n) is 2.02. The average molecular weight is 277 g/mol. The molecule has 0 unspecified atom stereocenters. The number of anilines is 1. The van der Waals surface area contributed by atoms with Gasteiger partial charge in [0.05, 0.1) is 5.00 Å². The molecule has 1 heterocycles. The summed E-state index contributed by atoms with van der Waals surface area (Å²) in [5, 5.41) is 3.38. The molecular formula is C10H17BrN2S. The van der Waals surface area contributed by atoms with Crippen LogP contribution >= 0.6 is 27.3 Å². The Bertz CT molecular complexity index is 291. The SMILES string of the molecule is CN(CCC(C)(C)N)c1cc(Br)cs1.